The van der Waals surface area contributed by atoms with Gasteiger partial charge in [-0.1, -0.05) is 41.4 Å². The number of unbranched alkanes of at least 4 members (excludes halogenated alkanes) is 1. The Morgan fingerprint density at radius 3 is 2.72 bits per heavy atom. The third kappa shape index (κ3) is 3.80. The third-order valence-electron chi connectivity index (χ3n) is 2.85. The van der Waals surface area contributed by atoms with Gasteiger partial charge >= 0.3 is 0 Å². The molecule has 0 heterocycles. The van der Waals surface area contributed by atoms with Gasteiger partial charge in [-0.25, -0.2) is 4.39 Å². The Hall–Kier alpha value is -0.900. The molecule has 0 atom stereocenters. The van der Waals surface area contributed by atoms with Crippen molar-refractivity contribution in [2.45, 2.75) is 26.7 Å². The molecule has 0 saturated carbocycles. The molecular formula is C14H19BrFNO. The predicted octanol–water partition coefficient (Wildman–Crippen LogP) is 3.77. The first-order valence-corrected chi connectivity index (χ1v) is 7.34. The molecule has 4 heteroatoms. The summed E-state index contributed by atoms with van der Waals surface area (Å²) in [5.74, 6) is -0.623. The van der Waals surface area contributed by atoms with E-state index in [9.17, 15) is 9.18 Å². The summed E-state index contributed by atoms with van der Waals surface area (Å²) in [6, 6.07) is 4.95. The lowest BCUT2D eigenvalue weighted by Crippen LogP contribution is -2.34. The molecule has 0 radical (unpaired) electrons. The van der Waals surface area contributed by atoms with Gasteiger partial charge in [-0.2, -0.15) is 0 Å². The minimum Gasteiger partial charge on any atom is -0.338 e. The molecule has 0 saturated heterocycles. The van der Waals surface area contributed by atoms with Gasteiger partial charge in [0.2, 0.25) is 0 Å². The maximum atomic E-state index is 13.9. The van der Waals surface area contributed by atoms with Crippen LogP contribution in [0.15, 0.2) is 18.2 Å². The molecule has 0 fully saturated rings. The minimum absolute atomic E-state index is 0.173. The maximum absolute atomic E-state index is 13.9. The van der Waals surface area contributed by atoms with E-state index in [0.29, 0.717) is 24.0 Å². The van der Waals surface area contributed by atoms with E-state index in [-0.39, 0.29) is 11.5 Å². The molecule has 0 aliphatic carbocycles. The molecule has 100 valence electrons. The first-order valence-electron chi connectivity index (χ1n) is 6.22. The smallest absolute Gasteiger partial charge is 0.256 e. The summed E-state index contributed by atoms with van der Waals surface area (Å²) in [5, 5.41) is 0.704. The topological polar surface area (TPSA) is 20.3 Å². The van der Waals surface area contributed by atoms with Crippen LogP contribution in [0, 0.1) is 12.7 Å². The van der Waals surface area contributed by atoms with Gasteiger partial charge in [0.25, 0.3) is 5.91 Å². The normalized spacial score (nSPS) is 10.4. The molecule has 0 aliphatic heterocycles. The number of nitrogens with zero attached hydrogens (tertiary/aromatic N) is 1. The summed E-state index contributed by atoms with van der Waals surface area (Å²) < 4.78 is 13.9. The number of halogens is 2. The van der Waals surface area contributed by atoms with E-state index in [4.69, 9.17) is 0 Å². The lowest BCUT2D eigenvalue weighted by molar-refractivity contribution is 0.0759. The summed E-state index contributed by atoms with van der Waals surface area (Å²) >= 11 is 3.33. The molecule has 1 aromatic carbocycles. The third-order valence-corrected chi connectivity index (χ3v) is 3.20. The van der Waals surface area contributed by atoms with E-state index in [1.165, 1.54) is 0 Å². The second-order valence-corrected chi connectivity index (χ2v) is 5.06. The number of hydrogen-bond donors (Lipinski definition) is 0. The van der Waals surface area contributed by atoms with Gasteiger partial charge in [0, 0.05) is 18.4 Å². The molecule has 0 aromatic heterocycles. The van der Waals surface area contributed by atoms with Gasteiger partial charge in [0.05, 0.1) is 5.56 Å². The van der Waals surface area contributed by atoms with Crippen LogP contribution in [0.4, 0.5) is 4.39 Å². The molecule has 0 N–H and O–H groups in total. The molecule has 0 aliphatic rings. The number of aryl methyl sites for hydroxylation is 1. The maximum Gasteiger partial charge on any atom is 0.256 e. The van der Waals surface area contributed by atoms with Crippen LogP contribution < -0.4 is 0 Å². The summed E-state index contributed by atoms with van der Waals surface area (Å²) in [6.45, 7) is 5.03. The van der Waals surface area contributed by atoms with Crippen LogP contribution in [-0.2, 0) is 0 Å². The van der Waals surface area contributed by atoms with E-state index in [1.54, 1.807) is 30.0 Å². The number of hydrogen-bond acceptors (Lipinski definition) is 1. The van der Waals surface area contributed by atoms with Crippen LogP contribution in [0.5, 0.6) is 0 Å². The molecule has 1 rings (SSSR count). The van der Waals surface area contributed by atoms with E-state index >= 15 is 0 Å². The van der Waals surface area contributed by atoms with E-state index in [1.807, 2.05) is 0 Å². The molecular weight excluding hydrogens is 297 g/mol. The number of rotatable bonds is 6. The highest BCUT2D eigenvalue weighted by Crippen LogP contribution is 2.15. The average Bonchev–Trinajstić information content (AvgIpc) is 2.37. The van der Waals surface area contributed by atoms with Crippen molar-refractivity contribution < 1.29 is 9.18 Å². The largest absolute Gasteiger partial charge is 0.338 e. The van der Waals surface area contributed by atoms with Crippen LogP contribution >= 0.6 is 15.9 Å². The van der Waals surface area contributed by atoms with Crippen molar-refractivity contribution in [1.82, 2.24) is 4.90 Å². The zero-order valence-corrected chi connectivity index (χ0v) is 12.5. The number of carbonyl (C=O) groups is 1. The van der Waals surface area contributed by atoms with Crippen LogP contribution in [0.1, 0.15) is 35.7 Å². The van der Waals surface area contributed by atoms with Gasteiger partial charge in [-0.15, -0.1) is 0 Å². The van der Waals surface area contributed by atoms with Crippen LogP contribution in [-0.4, -0.2) is 29.2 Å². The fraction of sp³-hybridized carbons (Fsp3) is 0.500. The summed E-state index contributed by atoms with van der Waals surface area (Å²) in [7, 11) is 0. The zero-order chi connectivity index (χ0) is 13.5. The molecule has 0 spiro atoms. The van der Waals surface area contributed by atoms with Crippen molar-refractivity contribution in [2.75, 3.05) is 18.4 Å². The van der Waals surface area contributed by atoms with E-state index in [2.05, 4.69) is 22.9 Å². The first-order chi connectivity index (χ1) is 8.61. The Bertz CT molecular complexity index is 409. The lowest BCUT2D eigenvalue weighted by atomic mass is 10.1. The van der Waals surface area contributed by atoms with Crippen molar-refractivity contribution in [2.24, 2.45) is 0 Å². The lowest BCUT2D eigenvalue weighted by Gasteiger charge is -2.22. The highest BCUT2D eigenvalue weighted by atomic mass is 79.9. The number of alkyl halides is 1. The Morgan fingerprint density at radius 1 is 1.39 bits per heavy atom. The van der Waals surface area contributed by atoms with Gasteiger partial charge < -0.3 is 4.90 Å². The van der Waals surface area contributed by atoms with Gasteiger partial charge in [-0.05, 0) is 25.0 Å². The SMILES string of the molecule is CCCCN(CCBr)C(=O)c1cccc(C)c1F. The zero-order valence-electron chi connectivity index (χ0n) is 10.9. The molecule has 2 nitrogen and oxygen atoms in total. The molecule has 1 amide bonds. The summed E-state index contributed by atoms with van der Waals surface area (Å²) in [4.78, 5) is 14.0. The quantitative estimate of drug-likeness (QED) is 0.732. The Labute approximate surface area is 116 Å². The van der Waals surface area contributed by atoms with Crippen molar-refractivity contribution in [3.63, 3.8) is 0 Å². The molecule has 0 bridgehead atoms. The van der Waals surface area contributed by atoms with Crippen LogP contribution in [0.3, 0.4) is 0 Å². The molecule has 18 heavy (non-hydrogen) atoms. The van der Waals surface area contributed by atoms with Crippen molar-refractivity contribution >= 4 is 21.8 Å². The predicted molar refractivity (Wildman–Crippen MR) is 75.7 cm³/mol. The number of amides is 1. The van der Waals surface area contributed by atoms with Gasteiger partial charge in [0.15, 0.2) is 0 Å². The second-order valence-electron chi connectivity index (χ2n) is 4.27. The van der Waals surface area contributed by atoms with Crippen molar-refractivity contribution in [3.05, 3.63) is 35.1 Å². The Morgan fingerprint density at radius 2 is 2.11 bits per heavy atom. The second kappa shape index (κ2) is 7.52. The van der Waals surface area contributed by atoms with Crippen molar-refractivity contribution in [3.8, 4) is 0 Å². The van der Waals surface area contributed by atoms with Gasteiger partial charge in [0.1, 0.15) is 5.82 Å². The minimum atomic E-state index is -0.404. The molecule has 1 aromatic rings. The first kappa shape index (κ1) is 15.2. The fourth-order valence-electron chi connectivity index (χ4n) is 1.75. The summed E-state index contributed by atoms with van der Waals surface area (Å²) in [5.41, 5.74) is 0.683. The van der Waals surface area contributed by atoms with E-state index in [0.717, 1.165) is 12.8 Å². The number of benzene rings is 1. The molecule has 0 unspecified atom stereocenters. The van der Waals surface area contributed by atoms with Crippen LogP contribution in [0.2, 0.25) is 0 Å². The monoisotopic (exact) mass is 315 g/mol. The van der Waals surface area contributed by atoms with Gasteiger partial charge in [-0.3, -0.25) is 4.79 Å². The van der Waals surface area contributed by atoms with Crippen LogP contribution in [0.25, 0.3) is 0 Å². The summed E-state index contributed by atoms with van der Waals surface area (Å²) in [6.07, 6.45) is 1.95. The number of carbonyl (C=O) groups excluding carboxylic acids is 1. The Kier molecular flexibility index (Phi) is 6.33. The fourth-order valence-corrected chi connectivity index (χ4v) is 2.18. The highest BCUT2D eigenvalue weighted by molar-refractivity contribution is 9.09. The average molecular weight is 316 g/mol. The Balaban J connectivity index is 2.90. The standard InChI is InChI=1S/C14H19BrFNO/c1-3-4-9-17(10-8-15)14(18)12-7-5-6-11(2)13(12)16/h5-7H,3-4,8-10H2,1-2H3. The van der Waals surface area contributed by atoms with Crippen molar-refractivity contribution in [1.29, 1.82) is 0 Å². The van der Waals surface area contributed by atoms with E-state index < -0.39 is 5.82 Å². The highest BCUT2D eigenvalue weighted by Gasteiger charge is 2.19.